The van der Waals surface area contributed by atoms with Crippen LogP contribution in [0.5, 0.6) is 5.75 Å². The number of phenols is 1. The summed E-state index contributed by atoms with van der Waals surface area (Å²) in [4.78, 5) is 15.2. The smallest absolute Gasteiger partial charge is 0.338 e. The number of aromatic carboxylic acids is 1. The molecule has 0 radical (unpaired) electrons. The Morgan fingerprint density at radius 1 is 1.00 bits per heavy atom. The van der Waals surface area contributed by atoms with Gasteiger partial charge < -0.3 is 14.7 Å². The number of carbonyl (C=O) groups is 1. The van der Waals surface area contributed by atoms with Crippen LogP contribution in [-0.4, -0.2) is 26.3 Å². The molecule has 0 bridgehead atoms. The molecule has 0 fully saturated rings. The van der Waals surface area contributed by atoms with E-state index in [1.165, 1.54) is 12.1 Å². The molecular weight excluding hydrogens is 375 g/mol. The third kappa shape index (κ3) is 3.45. The van der Waals surface area contributed by atoms with Gasteiger partial charge in [-0.15, -0.1) is 0 Å². The van der Waals surface area contributed by atoms with E-state index in [0.29, 0.717) is 11.1 Å². The highest BCUT2D eigenvalue weighted by Crippen LogP contribution is 2.35. The van der Waals surface area contributed by atoms with Crippen LogP contribution in [0.25, 0.3) is 34.0 Å². The van der Waals surface area contributed by atoms with Gasteiger partial charge >= 0.3 is 5.97 Å². The Hall–Kier alpha value is -4.00. The molecule has 0 aliphatic rings. The van der Waals surface area contributed by atoms with Gasteiger partial charge in [-0.05, 0) is 54.4 Å². The molecule has 0 aliphatic heterocycles. The third-order valence-electron chi connectivity index (χ3n) is 4.56. The fraction of sp³-hybridized carbons (Fsp3) is 0.0455. The van der Waals surface area contributed by atoms with Gasteiger partial charge in [0.05, 0.1) is 5.56 Å². The highest BCUT2D eigenvalue weighted by Gasteiger charge is 2.16. The lowest BCUT2D eigenvalue weighted by atomic mass is 9.98. The van der Waals surface area contributed by atoms with Crippen molar-refractivity contribution in [3.63, 3.8) is 0 Å². The van der Waals surface area contributed by atoms with Crippen molar-refractivity contribution in [2.45, 2.75) is 6.92 Å². The Balaban J connectivity index is 1.67. The first-order valence-electron chi connectivity index (χ1n) is 8.70. The van der Waals surface area contributed by atoms with E-state index >= 15 is 0 Å². The van der Waals surface area contributed by atoms with Crippen molar-refractivity contribution in [2.24, 2.45) is 0 Å². The lowest BCUT2D eigenvalue weighted by Gasteiger charge is -2.08. The zero-order valence-electron chi connectivity index (χ0n) is 15.3. The molecular formula is C22H15FN2O4. The van der Waals surface area contributed by atoms with Crippen LogP contribution in [0, 0.1) is 12.7 Å². The number of benzene rings is 3. The first kappa shape index (κ1) is 18.4. The van der Waals surface area contributed by atoms with E-state index < -0.39 is 17.3 Å². The summed E-state index contributed by atoms with van der Waals surface area (Å²) in [6.07, 6.45) is 0. The molecule has 0 unspecified atom stereocenters. The summed E-state index contributed by atoms with van der Waals surface area (Å²) < 4.78 is 19.1. The van der Waals surface area contributed by atoms with Gasteiger partial charge in [0, 0.05) is 16.7 Å². The Labute approximate surface area is 164 Å². The molecule has 2 N–H and O–H groups in total. The first-order valence-corrected chi connectivity index (χ1v) is 8.70. The van der Waals surface area contributed by atoms with Crippen molar-refractivity contribution in [2.75, 3.05) is 0 Å². The fourth-order valence-electron chi connectivity index (χ4n) is 3.05. The van der Waals surface area contributed by atoms with Crippen molar-refractivity contribution in [3.05, 3.63) is 77.6 Å². The van der Waals surface area contributed by atoms with Crippen molar-refractivity contribution < 1.29 is 23.9 Å². The zero-order valence-corrected chi connectivity index (χ0v) is 15.3. The zero-order chi connectivity index (χ0) is 20.5. The van der Waals surface area contributed by atoms with Crippen LogP contribution >= 0.6 is 0 Å². The number of hydrogen-bond donors (Lipinski definition) is 2. The number of nitrogens with zero attached hydrogens (tertiary/aromatic N) is 2. The van der Waals surface area contributed by atoms with Crippen LogP contribution in [0.2, 0.25) is 0 Å². The molecule has 29 heavy (non-hydrogen) atoms. The molecule has 1 aromatic heterocycles. The average molecular weight is 390 g/mol. The summed E-state index contributed by atoms with van der Waals surface area (Å²) >= 11 is 0. The van der Waals surface area contributed by atoms with Crippen molar-refractivity contribution in [3.8, 4) is 39.7 Å². The molecule has 0 atom stereocenters. The number of rotatable bonds is 4. The van der Waals surface area contributed by atoms with Crippen LogP contribution in [0.3, 0.4) is 0 Å². The monoisotopic (exact) mass is 390 g/mol. The fourth-order valence-corrected chi connectivity index (χ4v) is 3.05. The van der Waals surface area contributed by atoms with Crippen molar-refractivity contribution in [1.82, 2.24) is 10.1 Å². The average Bonchev–Trinajstić information content (AvgIpc) is 3.18. The summed E-state index contributed by atoms with van der Waals surface area (Å²) in [6, 6.07) is 16.3. The number of aromatic hydroxyl groups is 1. The molecule has 0 spiro atoms. The molecule has 4 rings (SSSR count). The quantitative estimate of drug-likeness (QED) is 0.513. The van der Waals surface area contributed by atoms with Gasteiger partial charge in [0.1, 0.15) is 11.6 Å². The topological polar surface area (TPSA) is 96.5 Å². The maximum atomic E-state index is 13.9. The first-order chi connectivity index (χ1) is 13.9. The molecule has 0 aliphatic carbocycles. The molecule has 7 heteroatoms. The molecule has 3 aromatic carbocycles. The maximum Gasteiger partial charge on any atom is 0.338 e. The molecule has 0 saturated heterocycles. The SMILES string of the molecule is Cc1ccccc1-c1ccc(-c2nc(-c3ccc(C(=O)O)c(F)c3)no2)cc1O. The van der Waals surface area contributed by atoms with Crippen LogP contribution in [-0.2, 0) is 0 Å². The molecule has 6 nitrogen and oxygen atoms in total. The maximum absolute atomic E-state index is 13.9. The number of aromatic nitrogens is 2. The van der Waals surface area contributed by atoms with Gasteiger partial charge in [0.25, 0.3) is 5.89 Å². The second-order valence-corrected chi connectivity index (χ2v) is 6.47. The highest BCUT2D eigenvalue weighted by molar-refractivity contribution is 5.88. The van der Waals surface area contributed by atoms with Gasteiger partial charge in [0.15, 0.2) is 0 Å². The second kappa shape index (κ2) is 7.20. The number of aryl methyl sites for hydroxylation is 1. The van der Waals surface area contributed by atoms with Crippen LogP contribution in [0.15, 0.2) is 65.2 Å². The second-order valence-electron chi connectivity index (χ2n) is 6.47. The summed E-state index contributed by atoms with van der Waals surface area (Å²) in [6.45, 7) is 1.96. The minimum atomic E-state index is -1.35. The molecule has 0 amide bonds. The van der Waals surface area contributed by atoms with Gasteiger partial charge in [-0.25, -0.2) is 9.18 Å². The summed E-state index contributed by atoms with van der Waals surface area (Å²) in [5.41, 5.74) is 2.97. The number of carboxylic acid groups (broad SMARTS) is 1. The number of carboxylic acids is 1. The highest BCUT2D eigenvalue weighted by atomic mass is 19.1. The standard InChI is InChI=1S/C22H15FN2O4/c1-12-4-2-3-5-15(12)16-8-7-14(11-19(16)26)21-24-20(25-29-21)13-6-9-17(22(27)28)18(23)10-13/h2-11,26H,1H3,(H,27,28). The Kier molecular flexibility index (Phi) is 4.56. The van der Waals surface area contributed by atoms with E-state index in [1.807, 2.05) is 31.2 Å². The number of phenolic OH excluding ortho intramolecular Hbond substituents is 1. The lowest BCUT2D eigenvalue weighted by Crippen LogP contribution is -2.00. The van der Waals surface area contributed by atoms with E-state index in [2.05, 4.69) is 10.1 Å². The van der Waals surface area contributed by atoms with E-state index in [-0.39, 0.29) is 23.0 Å². The predicted molar refractivity (Wildman–Crippen MR) is 104 cm³/mol. The van der Waals surface area contributed by atoms with Gasteiger partial charge in [-0.1, -0.05) is 29.4 Å². The Bertz CT molecular complexity index is 1230. The largest absolute Gasteiger partial charge is 0.507 e. The Morgan fingerprint density at radius 2 is 1.76 bits per heavy atom. The van der Waals surface area contributed by atoms with E-state index in [4.69, 9.17) is 9.63 Å². The normalized spacial score (nSPS) is 10.8. The number of halogens is 1. The van der Waals surface area contributed by atoms with E-state index in [9.17, 15) is 14.3 Å². The van der Waals surface area contributed by atoms with Crippen LogP contribution < -0.4 is 0 Å². The summed E-state index contributed by atoms with van der Waals surface area (Å²) in [5.74, 6) is -1.92. The molecule has 1 heterocycles. The minimum Gasteiger partial charge on any atom is -0.507 e. The van der Waals surface area contributed by atoms with Crippen molar-refractivity contribution in [1.29, 1.82) is 0 Å². The number of hydrogen-bond acceptors (Lipinski definition) is 5. The van der Waals surface area contributed by atoms with E-state index in [1.54, 1.807) is 12.1 Å². The summed E-state index contributed by atoms with van der Waals surface area (Å²) in [5, 5.41) is 23.2. The van der Waals surface area contributed by atoms with Gasteiger partial charge in [0.2, 0.25) is 5.82 Å². The molecule has 0 saturated carbocycles. The summed E-state index contributed by atoms with van der Waals surface area (Å²) in [7, 11) is 0. The predicted octanol–water partition coefficient (Wildman–Crippen LogP) is 4.92. The molecule has 4 aromatic rings. The minimum absolute atomic E-state index is 0.0633. The molecule has 144 valence electrons. The van der Waals surface area contributed by atoms with Gasteiger partial charge in [-0.2, -0.15) is 4.98 Å². The van der Waals surface area contributed by atoms with E-state index in [0.717, 1.165) is 23.3 Å². The third-order valence-corrected chi connectivity index (χ3v) is 4.56. The lowest BCUT2D eigenvalue weighted by molar-refractivity contribution is 0.0692. The van der Waals surface area contributed by atoms with Gasteiger partial charge in [-0.3, -0.25) is 0 Å². The van der Waals surface area contributed by atoms with Crippen molar-refractivity contribution >= 4 is 5.97 Å². The van der Waals surface area contributed by atoms with Crippen LogP contribution in [0.4, 0.5) is 4.39 Å². The Morgan fingerprint density at radius 3 is 2.45 bits per heavy atom. The van der Waals surface area contributed by atoms with Crippen LogP contribution in [0.1, 0.15) is 15.9 Å².